The van der Waals surface area contributed by atoms with Gasteiger partial charge >= 0.3 is 96.9 Å². The zero-order valence-corrected chi connectivity index (χ0v) is 10.7. The summed E-state index contributed by atoms with van der Waals surface area (Å²) in [5.41, 5.74) is 2.59. The van der Waals surface area contributed by atoms with E-state index in [0.29, 0.717) is 14.5 Å². The summed E-state index contributed by atoms with van der Waals surface area (Å²) in [5.74, 6) is 0. The van der Waals surface area contributed by atoms with Gasteiger partial charge in [-0.2, -0.15) is 0 Å². The molecule has 2 rings (SSSR count). The summed E-state index contributed by atoms with van der Waals surface area (Å²) in [5, 5.41) is 0. The van der Waals surface area contributed by atoms with E-state index in [-0.39, 0.29) is 0 Å². The summed E-state index contributed by atoms with van der Waals surface area (Å²) in [7, 11) is 0. The van der Waals surface area contributed by atoms with Crippen LogP contribution < -0.4 is 0 Å². The fourth-order valence-electron chi connectivity index (χ4n) is 1.40. The Hall–Kier alpha value is -1.04. The summed E-state index contributed by atoms with van der Waals surface area (Å²) in [6.45, 7) is 4.31. The van der Waals surface area contributed by atoms with Crippen LogP contribution >= 0.6 is 0 Å². The van der Waals surface area contributed by atoms with Crippen molar-refractivity contribution < 1.29 is 0 Å². The second-order valence-corrected chi connectivity index (χ2v) is 6.46. The number of rotatable bonds is 2. The molecule has 0 aliphatic carbocycles. The van der Waals surface area contributed by atoms with Gasteiger partial charge in [0, 0.05) is 0 Å². The van der Waals surface area contributed by atoms with Crippen LogP contribution in [0, 0.1) is 13.8 Å². The minimum absolute atomic E-state index is 0.557. The van der Waals surface area contributed by atoms with Crippen molar-refractivity contribution in [1.82, 2.24) is 0 Å². The molecule has 2 aromatic rings. The summed E-state index contributed by atoms with van der Waals surface area (Å²) in [6, 6.07) is 13.1. The van der Waals surface area contributed by atoms with E-state index in [1.165, 1.54) is 20.0 Å². The zero-order chi connectivity index (χ0) is 10.7. The number of benzene rings is 1. The van der Waals surface area contributed by atoms with Crippen LogP contribution in [0.4, 0.5) is 0 Å². The van der Waals surface area contributed by atoms with Crippen LogP contribution in [0.5, 0.6) is 0 Å². The normalized spacial score (nSPS) is 11.1. The van der Waals surface area contributed by atoms with Gasteiger partial charge in [0.1, 0.15) is 0 Å². The quantitative estimate of drug-likeness (QED) is 0.725. The van der Waals surface area contributed by atoms with Crippen molar-refractivity contribution in [2.75, 3.05) is 0 Å². The van der Waals surface area contributed by atoms with Gasteiger partial charge in [0.2, 0.25) is 0 Å². The fraction of sp³-hybridized carbons (Fsp3) is 0.143. The van der Waals surface area contributed by atoms with Gasteiger partial charge in [0.05, 0.1) is 0 Å². The molecule has 1 heterocycles. The van der Waals surface area contributed by atoms with E-state index in [2.05, 4.69) is 62.4 Å². The molecule has 0 bridgehead atoms. The van der Waals surface area contributed by atoms with Crippen molar-refractivity contribution in [1.29, 1.82) is 0 Å². The summed E-state index contributed by atoms with van der Waals surface area (Å²) < 4.78 is 2.96. The SMILES string of the molecule is Cc1ccc(/C=C/c2ccc(C)[se]2)cc1. The average Bonchev–Trinajstić information content (AvgIpc) is 2.64. The fourth-order valence-corrected chi connectivity index (χ4v) is 3.04. The first-order valence-corrected chi connectivity index (χ1v) is 6.76. The summed E-state index contributed by atoms with van der Waals surface area (Å²) >= 11 is 0.557. The zero-order valence-electron chi connectivity index (χ0n) is 9.03. The second-order valence-electron chi connectivity index (χ2n) is 3.69. The van der Waals surface area contributed by atoms with Gasteiger partial charge in [0.15, 0.2) is 0 Å². The average molecular weight is 261 g/mol. The Kier molecular flexibility index (Phi) is 3.25. The van der Waals surface area contributed by atoms with Crippen LogP contribution in [0.15, 0.2) is 36.4 Å². The molecular weight excluding hydrogens is 247 g/mol. The Morgan fingerprint density at radius 1 is 0.867 bits per heavy atom. The van der Waals surface area contributed by atoms with E-state index in [1.54, 1.807) is 0 Å². The predicted octanol–water partition coefficient (Wildman–Crippen LogP) is 3.53. The van der Waals surface area contributed by atoms with Crippen molar-refractivity contribution in [3.05, 3.63) is 56.4 Å². The molecule has 0 N–H and O–H groups in total. The van der Waals surface area contributed by atoms with E-state index in [0.717, 1.165) is 0 Å². The number of aryl methyl sites for hydroxylation is 2. The molecule has 0 radical (unpaired) electrons. The summed E-state index contributed by atoms with van der Waals surface area (Å²) in [6.07, 6.45) is 4.43. The van der Waals surface area contributed by atoms with Gasteiger partial charge in [-0.25, -0.2) is 0 Å². The first-order chi connectivity index (χ1) is 7.24. The predicted molar refractivity (Wildman–Crippen MR) is 68.2 cm³/mol. The number of hydrogen-bond donors (Lipinski definition) is 0. The monoisotopic (exact) mass is 262 g/mol. The van der Waals surface area contributed by atoms with E-state index < -0.39 is 0 Å². The molecule has 0 spiro atoms. The first-order valence-electron chi connectivity index (χ1n) is 5.05. The van der Waals surface area contributed by atoms with E-state index in [1.807, 2.05) is 0 Å². The Bertz CT molecular complexity index is 460. The molecule has 0 amide bonds. The van der Waals surface area contributed by atoms with Gasteiger partial charge in [0.25, 0.3) is 0 Å². The van der Waals surface area contributed by atoms with E-state index >= 15 is 0 Å². The molecule has 0 atom stereocenters. The molecule has 0 fully saturated rings. The molecule has 0 saturated carbocycles. The third kappa shape index (κ3) is 2.95. The minimum atomic E-state index is 0.557. The molecular formula is C14H14Se. The Morgan fingerprint density at radius 3 is 2.20 bits per heavy atom. The van der Waals surface area contributed by atoms with Crippen molar-refractivity contribution in [2.45, 2.75) is 13.8 Å². The van der Waals surface area contributed by atoms with Gasteiger partial charge in [-0.3, -0.25) is 0 Å². The Balaban J connectivity index is 2.14. The molecule has 1 aromatic heterocycles. The molecule has 0 nitrogen and oxygen atoms in total. The Morgan fingerprint density at radius 2 is 1.60 bits per heavy atom. The molecule has 76 valence electrons. The van der Waals surface area contributed by atoms with Crippen LogP contribution in [-0.4, -0.2) is 14.5 Å². The second kappa shape index (κ2) is 4.65. The molecule has 1 heteroatoms. The maximum absolute atomic E-state index is 2.23. The van der Waals surface area contributed by atoms with Crippen molar-refractivity contribution in [3.63, 3.8) is 0 Å². The van der Waals surface area contributed by atoms with Crippen LogP contribution in [0.2, 0.25) is 0 Å². The van der Waals surface area contributed by atoms with Crippen LogP contribution in [-0.2, 0) is 0 Å². The van der Waals surface area contributed by atoms with Crippen molar-refractivity contribution >= 4 is 26.7 Å². The van der Waals surface area contributed by atoms with Crippen LogP contribution in [0.1, 0.15) is 20.0 Å². The molecule has 0 aliphatic heterocycles. The van der Waals surface area contributed by atoms with Gasteiger partial charge < -0.3 is 0 Å². The van der Waals surface area contributed by atoms with E-state index in [4.69, 9.17) is 0 Å². The van der Waals surface area contributed by atoms with Crippen molar-refractivity contribution in [3.8, 4) is 0 Å². The molecule has 0 saturated heterocycles. The van der Waals surface area contributed by atoms with E-state index in [9.17, 15) is 0 Å². The van der Waals surface area contributed by atoms with Gasteiger partial charge in [-0.1, -0.05) is 0 Å². The van der Waals surface area contributed by atoms with Gasteiger partial charge in [-0.15, -0.1) is 0 Å². The summed E-state index contributed by atoms with van der Waals surface area (Å²) in [4.78, 5) is 0. The third-order valence-electron chi connectivity index (χ3n) is 2.28. The van der Waals surface area contributed by atoms with Gasteiger partial charge in [-0.05, 0) is 0 Å². The third-order valence-corrected chi connectivity index (χ3v) is 4.31. The van der Waals surface area contributed by atoms with Crippen LogP contribution in [0.3, 0.4) is 0 Å². The number of hydrogen-bond acceptors (Lipinski definition) is 0. The van der Waals surface area contributed by atoms with Crippen molar-refractivity contribution in [2.24, 2.45) is 0 Å². The molecule has 0 unspecified atom stereocenters. The Labute approximate surface area is 97.0 Å². The maximum atomic E-state index is 2.23. The first kappa shape index (κ1) is 10.5. The molecule has 0 aliphatic rings. The molecule has 1 aromatic carbocycles. The topological polar surface area (TPSA) is 0 Å². The van der Waals surface area contributed by atoms with Crippen LogP contribution in [0.25, 0.3) is 12.2 Å². The molecule has 15 heavy (non-hydrogen) atoms. The standard InChI is InChI=1S/C14H14Se/c1-11-3-6-13(7-4-11)8-10-14-9-5-12(2)15-14/h3-10H,1-2H3/b10-8+.